The van der Waals surface area contributed by atoms with Crippen LogP contribution >= 0.6 is 34.5 Å². The van der Waals surface area contributed by atoms with Gasteiger partial charge in [-0.05, 0) is 6.07 Å². The highest BCUT2D eigenvalue weighted by Crippen LogP contribution is 2.25. The van der Waals surface area contributed by atoms with E-state index >= 15 is 0 Å². The molecule has 0 aliphatic carbocycles. The van der Waals surface area contributed by atoms with Gasteiger partial charge in [-0.1, -0.05) is 34.5 Å². The zero-order valence-corrected chi connectivity index (χ0v) is 7.54. The lowest BCUT2D eigenvalue weighted by Gasteiger charge is -1.85. The highest BCUT2D eigenvalue weighted by Gasteiger charge is 2.01. The molecule has 0 spiro atoms. The Morgan fingerprint density at radius 3 is 3.00 bits per heavy atom. The van der Waals surface area contributed by atoms with E-state index in [9.17, 15) is 0 Å². The average molecular weight is 205 g/mol. The second kappa shape index (κ2) is 2.59. The number of fused-ring (bicyclic) bond motifs is 1. The lowest BCUT2D eigenvalue weighted by atomic mass is 10.5. The Hall–Kier alpha value is -0.380. The molecule has 0 saturated heterocycles. The van der Waals surface area contributed by atoms with Crippen LogP contribution in [-0.2, 0) is 0 Å². The highest BCUT2D eigenvalue weighted by atomic mass is 35.5. The number of nitrogens with zero attached hydrogens (tertiary/aromatic N) is 2. The molecular weight excluding hydrogens is 203 g/mol. The van der Waals surface area contributed by atoms with Crippen LogP contribution in [0.4, 0.5) is 0 Å². The van der Waals surface area contributed by atoms with Crippen molar-refractivity contribution in [3.63, 3.8) is 0 Å². The lowest BCUT2D eigenvalue weighted by molar-refractivity contribution is 1.41. The molecule has 0 unspecified atom stereocenters. The number of thiazole rings is 1. The third-order valence-electron chi connectivity index (χ3n) is 1.19. The third-order valence-corrected chi connectivity index (χ3v) is 2.48. The van der Waals surface area contributed by atoms with Gasteiger partial charge in [0, 0.05) is 6.20 Å². The molecule has 0 bridgehead atoms. The van der Waals surface area contributed by atoms with Gasteiger partial charge < -0.3 is 0 Å². The number of halogens is 2. The molecule has 0 aliphatic heterocycles. The summed E-state index contributed by atoms with van der Waals surface area (Å²) in [5, 5.41) is 0.583. The first-order chi connectivity index (χ1) is 5.25. The van der Waals surface area contributed by atoms with Gasteiger partial charge in [-0.15, -0.1) is 0 Å². The Kier molecular flexibility index (Phi) is 1.71. The molecule has 2 aromatic rings. The second-order valence-corrected chi connectivity index (χ2v) is 3.94. The molecule has 0 saturated carbocycles. The van der Waals surface area contributed by atoms with Crippen molar-refractivity contribution in [2.45, 2.75) is 0 Å². The van der Waals surface area contributed by atoms with E-state index in [0.717, 1.165) is 10.3 Å². The summed E-state index contributed by atoms with van der Waals surface area (Å²) in [6.45, 7) is 0. The molecule has 0 N–H and O–H groups in total. The molecule has 0 radical (unpaired) electrons. The minimum atomic E-state index is 0.495. The van der Waals surface area contributed by atoms with Crippen molar-refractivity contribution in [2.75, 3.05) is 0 Å². The van der Waals surface area contributed by atoms with E-state index in [4.69, 9.17) is 23.2 Å². The van der Waals surface area contributed by atoms with Crippen molar-refractivity contribution in [3.05, 3.63) is 21.8 Å². The molecule has 0 aromatic carbocycles. The van der Waals surface area contributed by atoms with E-state index in [1.165, 1.54) is 11.3 Å². The van der Waals surface area contributed by atoms with E-state index in [1.807, 2.05) is 0 Å². The fourth-order valence-corrected chi connectivity index (χ4v) is 1.85. The topological polar surface area (TPSA) is 25.8 Å². The van der Waals surface area contributed by atoms with E-state index in [0.29, 0.717) is 9.49 Å². The Morgan fingerprint density at radius 2 is 2.18 bits per heavy atom. The Labute approximate surface area is 76.8 Å². The summed E-state index contributed by atoms with van der Waals surface area (Å²) in [7, 11) is 0. The molecular formula is C6H2Cl2N2S. The molecule has 11 heavy (non-hydrogen) atoms. The zero-order valence-electron chi connectivity index (χ0n) is 5.21. The van der Waals surface area contributed by atoms with Crippen molar-refractivity contribution >= 4 is 44.9 Å². The van der Waals surface area contributed by atoms with Gasteiger partial charge >= 0.3 is 0 Å². The Morgan fingerprint density at radius 1 is 1.36 bits per heavy atom. The average Bonchev–Trinajstić information content (AvgIpc) is 2.27. The summed E-state index contributed by atoms with van der Waals surface area (Å²) in [6.07, 6.45) is 1.58. The Bertz CT molecular complexity index is 398. The molecule has 5 heteroatoms. The van der Waals surface area contributed by atoms with Crippen LogP contribution in [0.5, 0.6) is 0 Å². The first kappa shape index (κ1) is 7.28. The van der Waals surface area contributed by atoms with Crippen LogP contribution < -0.4 is 0 Å². The van der Waals surface area contributed by atoms with Crippen molar-refractivity contribution in [1.29, 1.82) is 0 Å². The predicted octanol–water partition coefficient (Wildman–Crippen LogP) is 3.00. The number of hydrogen-bond donors (Lipinski definition) is 0. The minimum absolute atomic E-state index is 0.495. The lowest BCUT2D eigenvalue weighted by Crippen LogP contribution is -1.71. The van der Waals surface area contributed by atoms with Gasteiger partial charge in [0.15, 0.2) is 4.47 Å². The van der Waals surface area contributed by atoms with Crippen LogP contribution in [-0.4, -0.2) is 9.97 Å². The molecule has 0 atom stereocenters. The molecule has 2 rings (SSSR count). The van der Waals surface area contributed by atoms with Crippen LogP contribution in [0.1, 0.15) is 0 Å². The second-order valence-electron chi connectivity index (χ2n) is 1.94. The standard InChI is InChI=1S/C6H2Cl2N2S/c7-3-1-4-5(9-2-3)11-6(8)10-4/h1-2H. The zero-order chi connectivity index (χ0) is 7.84. The van der Waals surface area contributed by atoms with Crippen LogP contribution in [0.3, 0.4) is 0 Å². The molecule has 0 fully saturated rings. The Balaban J connectivity index is 2.82. The van der Waals surface area contributed by atoms with E-state index in [1.54, 1.807) is 12.3 Å². The number of pyridine rings is 1. The van der Waals surface area contributed by atoms with Crippen LogP contribution in [0, 0.1) is 0 Å². The van der Waals surface area contributed by atoms with Gasteiger partial charge in [-0.25, -0.2) is 9.97 Å². The van der Waals surface area contributed by atoms with E-state index in [2.05, 4.69) is 9.97 Å². The molecule has 2 aromatic heterocycles. The summed E-state index contributed by atoms with van der Waals surface area (Å²) in [6, 6.07) is 1.74. The highest BCUT2D eigenvalue weighted by molar-refractivity contribution is 7.21. The number of rotatable bonds is 0. The van der Waals surface area contributed by atoms with E-state index in [-0.39, 0.29) is 0 Å². The quantitative estimate of drug-likeness (QED) is 0.660. The van der Waals surface area contributed by atoms with Crippen LogP contribution in [0.15, 0.2) is 12.3 Å². The van der Waals surface area contributed by atoms with Gasteiger partial charge in [0.05, 0.1) is 5.02 Å². The smallest absolute Gasteiger partial charge is 0.186 e. The van der Waals surface area contributed by atoms with Gasteiger partial charge in [0.2, 0.25) is 0 Å². The van der Waals surface area contributed by atoms with Gasteiger partial charge in [-0.2, -0.15) is 0 Å². The molecule has 0 amide bonds. The van der Waals surface area contributed by atoms with E-state index < -0.39 is 0 Å². The first-order valence-corrected chi connectivity index (χ1v) is 4.40. The largest absolute Gasteiger partial charge is 0.242 e. The molecule has 56 valence electrons. The van der Waals surface area contributed by atoms with Gasteiger partial charge in [0.25, 0.3) is 0 Å². The fraction of sp³-hybridized carbons (Fsp3) is 0. The monoisotopic (exact) mass is 204 g/mol. The fourth-order valence-electron chi connectivity index (χ4n) is 0.772. The summed E-state index contributed by atoms with van der Waals surface area (Å²) in [5.74, 6) is 0. The number of aromatic nitrogens is 2. The van der Waals surface area contributed by atoms with Crippen molar-refractivity contribution in [2.24, 2.45) is 0 Å². The van der Waals surface area contributed by atoms with Crippen LogP contribution in [0.2, 0.25) is 9.49 Å². The van der Waals surface area contributed by atoms with Gasteiger partial charge in [-0.3, -0.25) is 0 Å². The van der Waals surface area contributed by atoms with Crippen molar-refractivity contribution in [1.82, 2.24) is 9.97 Å². The normalized spacial score (nSPS) is 10.7. The first-order valence-electron chi connectivity index (χ1n) is 2.83. The molecule has 2 nitrogen and oxygen atoms in total. The van der Waals surface area contributed by atoms with Gasteiger partial charge in [0.1, 0.15) is 10.3 Å². The maximum absolute atomic E-state index is 5.69. The molecule has 2 heterocycles. The third kappa shape index (κ3) is 1.31. The summed E-state index contributed by atoms with van der Waals surface area (Å²) < 4.78 is 0.495. The summed E-state index contributed by atoms with van der Waals surface area (Å²) >= 11 is 12.7. The minimum Gasteiger partial charge on any atom is -0.242 e. The predicted molar refractivity (Wildman–Crippen MR) is 47.4 cm³/mol. The molecule has 0 aliphatic rings. The summed E-state index contributed by atoms with van der Waals surface area (Å²) in [5.41, 5.74) is 0.757. The summed E-state index contributed by atoms with van der Waals surface area (Å²) in [4.78, 5) is 8.87. The van der Waals surface area contributed by atoms with Crippen molar-refractivity contribution < 1.29 is 0 Å². The maximum Gasteiger partial charge on any atom is 0.186 e. The SMILES string of the molecule is Clc1cnc2sc(Cl)nc2c1. The maximum atomic E-state index is 5.69. The van der Waals surface area contributed by atoms with Crippen molar-refractivity contribution in [3.8, 4) is 0 Å². The number of hydrogen-bond acceptors (Lipinski definition) is 3. The van der Waals surface area contributed by atoms with Crippen LogP contribution in [0.25, 0.3) is 10.3 Å².